The average molecular weight is 392 g/mol. The van der Waals surface area contributed by atoms with Gasteiger partial charge in [0.25, 0.3) is 0 Å². The summed E-state index contributed by atoms with van der Waals surface area (Å²) in [4.78, 5) is 22.7. The van der Waals surface area contributed by atoms with Gasteiger partial charge in [0.05, 0.1) is 6.61 Å². The van der Waals surface area contributed by atoms with Gasteiger partial charge in [-0.25, -0.2) is 4.79 Å². The zero-order valence-corrected chi connectivity index (χ0v) is 15.0. The first-order chi connectivity index (χ1) is 11.0. The SMILES string of the molecule is CCOC(=O)C(=O)Nc1nnc(SCc2ccc(Cl)cc2Cl)s1. The van der Waals surface area contributed by atoms with Gasteiger partial charge in [-0.2, -0.15) is 0 Å². The second-order valence-electron chi connectivity index (χ2n) is 4.07. The van der Waals surface area contributed by atoms with Crippen LogP contribution >= 0.6 is 46.3 Å². The van der Waals surface area contributed by atoms with Crippen LogP contribution in [-0.2, 0) is 20.1 Å². The van der Waals surface area contributed by atoms with Crippen molar-refractivity contribution in [3.8, 4) is 0 Å². The van der Waals surface area contributed by atoms with E-state index in [-0.39, 0.29) is 11.7 Å². The average Bonchev–Trinajstić information content (AvgIpc) is 2.94. The fourth-order valence-electron chi connectivity index (χ4n) is 1.44. The van der Waals surface area contributed by atoms with Crippen LogP contribution in [0.3, 0.4) is 0 Å². The summed E-state index contributed by atoms with van der Waals surface area (Å²) in [6, 6.07) is 5.26. The summed E-state index contributed by atoms with van der Waals surface area (Å²) in [5.41, 5.74) is 0.911. The van der Waals surface area contributed by atoms with Crippen LogP contribution in [0.25, 0.3) is 0 Å². The van der Waals surface area contributed by atoms with E-state index in [1.807, 2.05) is 6.07 Å². The molecule has 0 spiro atoms. The highest BCUT2D eigenvalue weighted by atomic mass is 35.5. The molecule has 1 aromatic carbocycles. The Hall–Kier alpha value is -1.35. The van der Waals surface area contributed by atoms with Gasteiger partial charge in [-0.15, -0.1) is 10.2 Å². The molecule has 0 saturated heterocycles. The number of hydrogen-bond acceptors (Lipinski definition) is 7. The van der Waals surface area contributed by atoms with E-state index >= 15 is 0 Å². The van der Waals surface area contributed by atoms with Crippen molar-refractivity contribution in [2.24, 2.45) is 0 Å². The predicted octanol–water partition coefficient (Wildman–Crippen LogP) is 3.64. The molecular weight excluding hydrogens is 381 g/mol. The van der Waals surface area contributed by atoms with Gasteiger partial charge in [0.2, 0.25) is 5.13 Å². The molecule has 0 aliphatic carbocycles. The van der Waals surface area contributed by atoms with Gasteiger partial charge in [0.15, 0.2) is 4.34 Å². The van der Waals surface area contributed by atoms with Crippen molar-refractivity contribution in [3.63, 3.8) is 0 Å². The number of esters is 1. The molecule has 122 valence electrons. The third-order valence-corrected chi connectivity index (χ3v) is 5.06. The predicted molar refractivity (Wildman–Crippen MR) is 91.2 cm³/mol. The van der Waals surface area contributed by atoms with Crippen LogP contribution in [0, 0.1) is 0 Å². The van der Waals surface area contributed by atoms with E-state index in [0.29, 0.717) is 20.1 Å². The van der Waals surface area contributed by atoms with E-state index in [0.717, 1.165) is 16.9 Å². The number of halogens is 2. The van der Waals surface area contributed by atoms with Crippen LogP contribution in [0.15, 0.2) is 22.5 Å². The Kier molecular flexibility index (Phi) is 6.64. The number of ether oxygens (including phenoxy) is 1. The second kappa shape index (κ2) is 8.49. The summed E-state index contributed by atoms with van der Waals surface area (Å²) in [6.07, 6.45) is 0. The number of carbonyl (C=O) groups is 2. The smallest absolute Gasteiger partial charge is 0.397 e. The molecule has 10 heteroatoms. The van der Waals surface area contributed by atoms with Gasteiger partial charge in [0, 0.05) is 15.8 Å². The highest BCUT2D eigenvalue weighted by Gasteiger charge is 2.17. The van der Waals surface area contributed by atoms with Gasteiger partial charge >= 0.3 is 11.9 Å². The van der Waals surface area contributed by atoms with E-state index in [1.165, 1.54) is 11.8 Å². The number of anilines is 1. The van der Waals surface area contributed by atoms with Crippen LogP contribution in [0.1, 0.15) is 12.5 Å². The normalized spacial score (nSPS) is 10.4. The Morgan fingerprint density at radius 3 is 2.83 bits per heavy atom. The summed E-state index contributed by atoms with van der Waals surface area (Å²) in [7, 11) is 0. The van der Waals surface area contributed by atoms with Gasteiger partial charge < -0.3 is 4.74 Å². The number of rotatable bonds is 5. The Labute approximate surface area is 150 Å². The third-order valence-electron chi connectivity index (χ3n) is 2.45. The molecule has 2 rings (SSSR count). The van der Waals surface area contributed by atoms with Gasteiger partial charge in [-0.3, -0.25) is 10.1 Å². The van der Waals surface area contributed by atoms with Crippen LogP contribution in [0.4, 0.5) is 5.13 Å². The Balaban J connectivity index is 1.92. The lowest BCUT2D eigenvalue weighted by Crippen LogP contribution is -2.24. The van der Waals surface area contributed by atoms with Crippen LogP contribution < -0.4 is 5.32 Å². The maximum absolute atomic E-state index is 11.5. The van der Waals surface area contributed by atoms with Gasteiger partial charge in [-0.1, -0.05) is 52.4 Å². The van der Waals surface area contributed by atoms with Crippen molar-refractivity contribution in [1.82, 2.24) is 10.2 Å². The molecule has 0 aliphatic heterocycles. The van der Waals surface area contributed by atoms with E-state index in [9.17, 15) is 9.59 Å². The topological polar surface area (TPSA) is 81.2 Å². The molecule has 2 aromatic rings. The summed E-state index contributed by atoms with van der Waals surface area (Å²) in [5, 5.41) is 11.4. The number of thioether (sulfide) groups is 1. The standard InChI is InChI=1S/C13H11Cl2N3O3S2/c1-2-21-11(20)10(19)16-12-17-18-13(23-12)22-6-7-3-4-8(14)5-9(7)15/h3-5H,2,6H2,1H3,(H,16,17,19). The minimum atomic E-state index is -0.954. The molecule has 0 aliphatic rings. The molecule has 1 heterocycles. The highest BCUT2D eigenvalue weighted by Crippen LogP contribution is 2.31. The number of benzene rings is 1. The summed E-state index contributed by atoms with van der Waals surface area (Å²) in [6.45, 7) is 1.75. The lowest BCUT2D eigenvalue weighted by Gasteiger charge is -2.02. The van der Waals surface area contributed by atoms with Crippen LogP contribution in [0.5, 0.6) is 0 Å². The van der Waals surface area contributed by atoms with Gasteiger partial charge in [-0.05, 0) is 24.6 Å². The number of amides is 1. The second-order valence-corrected chi connectivity index (χ2v) is 7.12. The Bertz CT molecular complexity index is 724. The van der Waals surface area contributed by atoms with Crippen LogP contribution in [0.2, 0.25) is 10.0 Å². The maximum atomic E-state index is 11.5. The van der Waals surface area contributed by atoms with Crippen molar-refractivity contribution in [1.29, 1.82) is 0 Å². The van der Waals surface area contributed by atoms with Crippen molar-refractivity contribution in [2.45, 2.75) is 17.0 Å². The zero-order valence-electron chi connectivity index (χ0n) is 11.8. The number of aromatic nitrogens is 2. The molecule has 0 radical (unpaired) electrons. The fraction of sp³-hybridized carbons (Fsp3) is 0.231. The summed E-state index contributed by atoms with van der Waals surface area (Å²) >= 11 is 14.5. The molecule has 0 fully saturated rings. The highest BCUT2D eigenvalue weighted by molar-refractivity contribution is 8.00. The fourth-order valence-corrected chi connectivity index (χ4v) is 3.75. The largest absolute Gasteiger partial charge is 0.459 e. The molecule has 23 heavy (non-hydrogen) atoms. The minimum absolute atomic E-state index is 0.130. The lowest BCUT2D eigenvalue weighted by atomic mass is 10.2. The minimum Gasteiger partial charge on any atom is -0.459 e. The zero-order chi connectivity index (χ0) is 16.8. The Morgan fingerprint density at radius 2 is 2.13 bits per heavy atom. The van der Waals surface area contributed by atoms with E-state index in [1.54, 1.807) is 19.1 Å². The Morgan fingerprint density at radius 1 is 1.35 bits per heavy atom. The molecule has 1 aromatic heterocycles. The van der Waals surface area contributed by atoms with E-state index in [4.69, 9.17) is 23.2 Å². The first-order valence-electron chi connectivity index (χ1n) is 6.38. The molecule has 0 bridgehead atoms. The van der Waals surface area contributed by atoms with E-state index < -0.39 is 11.9 Å². The summed E-state index contributed by atoms with van der Waals surface area (Å²) in [5.74, 6) is -1.25. The number of nitrogens with zero attached hydrogens (tertiary/aromatic N) is 2. The van der Waals surface area contributed by atoms with Gasteiger partial charge in [0.1, 0.15) is 0 Å². The molecule has 1 amide bonds. The van der Waals surface area contributed by atoms with Crippen molar-refractivity contribution < 1.29 is 14.3 Å². The first-order valence-corrected chi connectivity index (χ1v) is 8.93. The molecule has 0 saturated carbocycles. The molecule has 6 nitrogen and oxygen atoms in total. The molecular formula is C13H11Cl2N3O3S2. The lowest BCUT2D eigenvalue weighted by molar-refractivity contribution is -0.152. The maximum Gasteiger partial charge on any atom is 0.397 e. The molecule has 1 N–H and O–H groups in total. The monoisotopic (exact) mass is 391 g/mol. The van der Waals surface area contributed by atoms with Crippen molar-refractivity contribution >= 4 is 63.3 Å². The molecule has 0 atom stereocenters. The van der Waals surface area contributed by atoms with Crippen molar-refractivity contribution in [3.05, 3.63) is 33.8 Å². The van der Waals surface area contributed by atoms with E-state index in [2.05, 4.69) is 20.3 Å². The van der Waals surface area contributed by atoms with Crippen LogP contribution in [-0.4, -0.2) is 28.7 Å². The summed E-state index contributed by atoms with van der Waals surface area (Å²) < 4.78 is 5.22. The molecule has 0 unspecified atom stereocenters. The quantitative estimate of drug-likeness (QED) is 0.362. The number of carbonyl (C=O) groups excluding carboxylic acids is 2. The third kappa shape index (κ3) is 5.35. The number of hydrogen-bond donors (Lipinski definition) is 1. The first kappa shape index (κ1) is 18.0. The number of nitrogens with one attached hydrogen (secondary N) is 1. The van der Waals surface area contributed by atoms with Crippen molar-refractivity contribution in [2.75, 3.05) is 11.9 Å².